The maximum atomic E-state index is 12.9. The Bertz CT molecular complexity index is 832. The molecule has 25 heavy (non-hydrogen) atoms. The van der Waals surface area contributed by atoms with E-state index in [1.165, 1.54) is 44.8 Å². The average molecular weight is 430 g/mol. The smallest absolute Gasteiger partial charge is 0.243 e. The highest BCUT2D eigenvalue weighted by atomic mass is 79.9. The van der Waals surface area contributed by atoms with Gasteiger partial charge in [-0.15, -0.1) is 0 Å². The molecule has 0 unspecified atom stereocenters. The number of methoxy groups -OCH3 is 3. The molecule has 0 aliphatic heterocycles. The van der Waals surface area contributed by atoms with E-state index < -0.39 is 10.0 Å². The third kappa shape index (κ3) is 4.08. The molecule has 8 heteroatoms. The summed E-state index contributed by atoms with van der Waals surface area (Å²) in [6, 6.07) is 9.95. The number of ether oxygens (including phenoxy) is 3. The molecule has 0 bridgehead atoms. The van der Waals surface area contributed by atoms with Gasteiger partial charge < -0.3 is 14.2 Å². The molecule has 0 atom stereocenters. The Morgan fingerprint density at radius 1 is 0.960 bits per heavy atom. The lowest BCUT2D eigenvalue weighted by Gasteiger charge is -2.20. The molecule has 0 aliphatic rings. The highest BCUT2D eigenvalue weighted by molar-refractivity contribution is 9.10. The Hall–Kier alpha value is -1.77. The van der Waals surface area contributed by atoms with E-state index in [0.29, 0.717) is 27.3 Å². The van der Waals surface area contributed by atoms with Crippen LogP contribution < -0.4 is 14.2 Å². The molecule has 2 aromatic carbocycles. The van der Waals surface area contributed by atoms with Crippen LogP contribution in [-0.2, 0) is 16.6 Å². The summed E-state index contributed by atoms with van der Waals surface area (Å²) in [6.45, 7) is 0.110. The molecule has 0 spiro atoms. The van der Waals surface area contributed by atoms with Crippen molar-refractivity contribution in [2.24, 2.45) is 0 Å². The molecule has 0 radical (unpaired) electrons. The van der Waals surface area contributed by atoms with Crippen molar-refractivity contribution in [3.63, 3.8) is 0 Å². The first-order valence-electron chi connectivity index (χ1n) is 7.35. The van der Waals surface area contributed by atoms with E-state index in [9.17, 15) is 8.42 Å². The second kappa shape index (κ2) is 8.07. The minimum absolute atomic E-state index is 0.110. The molecule has 0 amide bonds. The highest BCUT2D eigenvalue weighted by Gasteiger charge is 2.24. The van der Waals surface area contributed by atoms with Crippen LogP contribution in [0, 0.1) is 0 Å². The van der Waals surface area contributed by atoms with Gasteiger partial charge in [0.15, 0.2) is 0 Å². The van der Waals surface area contributed by atoms with E-state index >= 15 is 0 Å². The van der Waals surface area contributed by atoms with Crippen molar-refractivity contribution in [2.75, 3.05) is 28.4 Å². The molecular formula is C17H20BrNO5S. The van der Waals surface area contributed by atoms with Crippen LogP contribution in [0.2, 0.25) is 0 Å². The Morgan fingerprint density at radius 2 is 1.52 bits per heavy atom. The summed E-state index contributed by atoms with van der Waals surface area (Å²) >= 11 is 3.31. The predicted molar refractivity (Wildman–Crippen MR) is 98.9 cm³/mol. The van der Waals surface area contributed by atoms with Crippen molar-refractivity contribution < 1.29 is 22.6 Å². The molecule has 0 N–H and O–H groups in total. The molecule has 2 rings (SSSR count). The van der Waals surface area contributed by atoms with Gasteiger partial charge >= 0.3 is 0 Å². The van der Waals surface area contributed by atoms with Crippen molar-refractivity contribution in [3.8, 4) is 17.2 Å². The number of nitrogens with zero attached hydrogens (tertiary/aromatic N) is 1. The standard InChI is InChI=1S/C17H20BrNO5S/c1-19(11-13-15(22-2)6-5-7-16(13)23-3)25(20,21)12-8-9-17(24-4)14(18)10-12/h5-10H,11H2,1-4H3. The second-order valence-electron chi connectivity index (χ2n) is 5.20. The van der Waals surface area contributed by atoms with Crippen LogP contribution in [0.15, 0.2) is 45.8 Å². The second-order valence-corrected chi connectivity index (χ2v) is 8.10. The van der Waals surface area contributed by atoms with Gasteiger partial charge in [0.1, 0.15) is 17.2 Å². The fraction of sp³-hybridized carbons (Fsp3) is 0.294. The van der Waals surface area contributed by atoms with E-state index in [0.717, 1.165) is 0 Å². The van der Waals surface area contributed by atoms with Gasteiger partial charge in [-0.1, -0.05) is 6.07 Å². The Balaban J connectivity index is 2.37. The summed E-state index contributed by atoms with van der Waals surface area (Å²) in [5, 5.41) is 0. The maximum absolute atomic E-state index is 12.9. The lowest BCUT2D eigenvalue weighted by atomic mass is 10.1. The normalized spacial score (nSPS) is 11.4. The van der Waals surface area contributed by atoms with Crippen LogP contribution in [0.25, 0.3) is 0 Å². The van der Waals surface area contributed by atoms with Crippen LogP contribution >= 0.6 is 15.9 Å². The lowest BCUT2D eigenvalue weighted by Crippen LogP contribution is -2.27. The highest BCUT2D eigenvalue weighted by Crippen LogP contribution is 2.32. The summed E-state index contributed by atoms with van der Waals surface area (Å²) in [5.41, 5.74) is 0.658. The van der Waals surface area contributed by atoms with Crippen molar-refractivity contribution >= 4 is 26.0 Å². The van der Waals surface area contributed by atoms with Crippen LogP contribution in [0.1, 0.15) is 5.56 Å². The van der Waals surface area contributed by atoms with Gasteiger partial charge in [0, 0.05) is 13.6 Å². The summed E-state index contributed by atoms with van der Waals surface area (Å²) in [4.78, 5) is 0.163. The molecule has 0 fully saturated rings. The third-order valence-corrected chi connectivity index (χ3v) is 6.16. The molecule has 0 heterocycles. The quantitative estimate of drug-likeness (QED) is 0.675. The number of halogens is 1. The van der Waals surface area contributed by atoms with Gasteiger partial charge in [0.2, 0.25) is 10.0 Å². The molecule has 0 saturated heterocycles. The first-order valence-corrected chi connectivity index (χ1v) is 9.58. The van der Waals surface area contributed by atoms with E-state index in [1.807, 2.05) is 0 Å². The van der Waals surface area contributed by atoms with E-state index in [2.05, 4.69) is 15.9 Å². The van der Waals surface area contributed by atoms with Crippen molar-refractivity contribution in [2.45, 2.75) is 11.4 Å². The Morgan fingerprint density at radius 3 is 2.00 bits per heavy atom. The number of benzene rings is 2. The number of hydrogen-bond acceptors (Lipinski definition) is 5. The summed E-state index contributed by atoms with van der Waals surface area (Å²) in [5.74, 6) is 1.70. The molecule has 136 valence electrons. The number of rotatable bonds is 7. The van der Waals surface area contributed by atoms with Gasteiger partial charge in [-0.25, -0.2) is 8.42 Å². The number of sulfonamides is 1. The van der Waals surface area contributed by atoms with E-state index in [4.69, 9.17) is 14.2 Å². The monoisotopic (exact) mass is 429 g/mol. The largest absolute Gasteiger partial charge is 0.496 e. The first kappa shape index (κ1) is 19.6. The first-order chi connectivity index (χ1) is 11.8. The zero-order chi connectivity index (χ0) is 18.6. The molecule has 0 aliphatic carbocycles. The van der Waals surface area contributed by atoms with Gasteiger partial charge in [0.25, 0.3) is 0 Å². The molecule has 6 nitrogen and oxygen atoms in total. The Kier molecular flexibility index (Phi) is 6.31. The van der Waals surface area contributed by atoms with Gasteiger partial charge in [-0.05, 0) is 46.3 Å². The van der Waals surface area contributed by atoms with Crippen LogP contribution in [0.3, 0.4) is 0 Å². The minimum atomic E-state index is -3.70. The van der Waals surface area contributed by atoms with E-state index in [-0.39, 0.29) is 11.4 Å². The molecule has 0 aromatic heterocycles. The average Bonchev–Trinajstić information content (AvgIpc) is 2.61. The fourth-order valence-electron chi connectivity index (χ4n) is 2.38. The summed E-state index contributed by atoms with van der Waals surface area (Å²) < 4.78 is 43.4. The van der Waals surface area contributed by atoms with Crippen LogP contribution in [-0.4, -0.2) is 41.1 Å². The minimum Gasteiger partial charge on any atom is -0.496 e. The van der Waals surface area contributed by atoms with Crippen LogP contribution in [0.5, 0.6) is 17.2 Å². The molecule has 0 saturated carbocycles. The van der Waals surface area contributed by atoms with Gasteiger partial charge in [-0.3, -0.25) is 0 Å². The SMILES string of the molecule is COc1ccc(S(=O)(=O)N(C)Cc2c(OC)cccc2OC)cc1Br. The number of hydrogen-bond donors (Lipinski definition) is 0. The molecular weight excluding hydrogens is 410 g/mol. The van der Waals surface area contributed by atoms with Crippen molar-refractivity contribution in [3.05, 3.63) is 46.4 Å². The zero-order valence-electron chi connectivity index (χ0n) is 14.4. The maximum Gasteiger partial charge on any atom is 0.243 e. The summed E-state index contributed by atoms with van der Waals surface area (Å²) in [6.07, 6.45) is 0. The topological polar surface area (TPSA) is 65.1 Å². The fourth-order valence-corrected chi connectivity index (χ4v) is 4.24. The summed E-state index contributed by atoms with van der Waals surface area (Å²) in [7, 11) is 2.41. The van der Waals surface area contributed by atoms with Gasteiger partial charge in [-0.2, -0.15) is 4.31 Å². The molecule has 2 aromatic rings. The van der Waals surface area contributed by atoms with Crippen molar-refractivity contribution in [1.82, 2.24) is 4.31 Å². The predicted octanol–water partition coefficient (Wildman–Crippen LogP) is 3.30. The van der Waals surface area contributed by atoms with E-state index in [1.54, 1.807) is 24.3 Å². The van der Waals surface area contributed by atoms with Crippen LogP contribution in [0.4, 0.5) is 0 Å². The van der Waals surface area contributed by atoms with Gasteiger partial charge in [0.05, 0.1) is 36.3 Å². The van der Waals surface area contributed by atoms with Crippen molar-refractivity contribution in [1.29, 1.82) is 0 Å². The zero-order valence-corrected chi connectivity index (χ0v) is 16.8. The lowest BCUT2D eigenvalue weighted by molar-refractivity contribution is 0.371. The Labute approximate surface area is 156 Å². The third-order valence-electron chi connectivity index (χ3n) is 3.74.